The molecule has 1 heterocycles. The Morgan fingerprint density at radius 3 is 2.17 bits per heavy atom. The average molecular weight is 412 g/mol. The van der Waals surface area contributed by atoms with Crippen molar-refractivity contribution in [2.24, 2.45) is 0 Å². The van der Waals surface area contributed by atoms with Gasteiger partial charge in [0.2, 0.25) is 0 Å². The second kappa shape index (κ2) is 10.0. The number of aryl methyl sites for hydroxylation is 1. The summed E-state index contributed by atoms with van der Waals surface area (Å²) in [6, 6.07) is 12.9. The van der Waals surface area contributed by atoms with Gasteiger partial charge in [0.15, 0.2) is 6.61 Å². The van der Waals surface area contributed by atoms with Gasteiger partial charge in [-0.3, -0.25) is 9.59 Å². The van der Waals surface area contributed by atoms with Crippen LogP contribution < -0.4 is 19.5 Å². The third kappa shape index (κ3) is 5.23. The predicted molar refractivity (Wildman–Crippen MR) is 113 cm³/mol. The van der Waals surface area contributed by atoms with E-state index in [0.717, 1.165) is 5.56 Å². The summed E-state index contributed by atoms with van der Waals surface area (Å²) in [6.07, 6.45) is 1.36. The minimum Gasteiger partial charge on any atom is -0.496 e. The lowest BCUT2D eigenvalue weighted by Crippen LogP contribution is -2.47. The van der Waals surface area contributed by atoms with Crippen molar-refractivity contribution in [3.63, 3.8) is 0 Å². The van der Waals surface area contributed by atoms with E-state index in [2.05, 4.69) is 5.32 Å². The Hall–Kier alpha value is -3.22. The maximum absolute atomic E-state index is 13.0. The minimum atomic E-state index is -0.160. The van der Waals surface area contributed by atoms with E-state index in [4.69, 9.17) is 14.2 Å². The second-order valence-corrected chi connectivity index (χ2v) is 7.27. The molecule has 0 spiro atoms. The van der Waals surface area contributed by atoms with Crippen molar-refractivity contribution >= 4 is 11.8 Å². The zero-order valence-electron chi connectivity index (χ0n) is 17.6. The Morgan fingerprint density at radius 1 is 1.00 bits per heavy atom. The smallest absolute Gasteiger partial charge is 0.261 e. The van der Waals surface area contributed by atoms with Crippen molar-refractivity contribution < 1.29 is 23.8 Å². The summed E-state index contributed by atoms with van der Waals surface area (Å²) < 4.78 is 16.2. The van der Waals surface area contributed by atoms with Crippen LogP contribution in [-0.4, -0.2) is 56.7 Å². The molecular formula is C23H28N2O5. The van der Waals surface area contributed by atoms with Crippen molar-refractivity contribution in [3.05, 3.63) is 53.6 Å². The van der Waals surface area contributed by atoms with Crippen molar-refractivity contribution in [1.82, 2.24) is 10.2 Å². The van der Waals surface area contributed by atoms with Crippen molar-refractivity contribution in [1.29, 1.82) is 0 Å². The van der Waals surface area contributed by atoms with E-state index in [1.54, 1.807) is 23.1 Å². The van der Waals surface area contributed by atoms with Gasteiger partial charge in [0.1, 0.15) is 22.8 Å². The molecule has 0 aromatic heterocycles. The first-order chi connectivity index (χ1) is 14.5. The number of amides is 2. The first-order valence-electron chi connectivity index (χ1n) is 10.0. The van der Waals surface area contributed by atoms with Gasteiger partial charge in [0.05, 0.1) is 14.2 Å². The van der Waals surface area contributed by atoms with E-state index in [9.17, 15) is 9.59 Å². The number of benzene rings is 2. The summed E-state index contributed by atoms with van der Waals surface area (Å²) in [7, 11) is 3.07. The van der Waals surface area contributed by atoms with E-state index in [1.807, 2.05) is 31.2 Å². The number of piperidine rings is 1. The Balaban J connectivity index is 1.50. The van der Waals surface area contributed by atoms with E-state index in [-0.39, 0.29) is 24.5 Å². The first kappa shape index (κ1) is 21.5. The Morgan fingerprint density at radius 2 is 1.60 bits per heavy atom. The molecule has 2 aromatic carbocycles. The number of ether oxygens (including phenoxy) is 3. The van der Waals surface area contributed by atoms with Gasteiger partial charge in [-0.15, -0.1) is 0 Å². The van der Waals surface area contributed by atoms with E-state index in [0.29, 0.717) is 48.7 Å². The van der Waals surface area contributed by atoms with Crippen LogP contribution in [0.15, 0.2) is 42.5 Å². The molecule has 1 aliphatic heterocycles. The molecule has 7 heteroatoms. The first-order valence-corrected chi connectivity index (χ1v) is 10.0. The lowest BCUT2D eigenvalue weighted by Gasteiger charge is -2.33. The van der Waals surface area contributed by atoms with Crippen molar-refractivity contribution in [2.45, 2.75) is 25.8 Å². The molecule has 0 atom stereocenters. The highest BCUT2D eigenvalue weighted by molar-refractivity contribution is 5.99. The largest absolute Gasteiger partial charge is 0.496 e. The molecule has 3 rings (SSSR count). The standard InChI is InChI=1S/C23H28N2O5/c1-16-7-9-18(10-8-16)30-15-21(26)24-17-11-13-25(14-12-17)23(27)22-19(28-2)5-4-6-20(22)29-3/h4-10,17H,11-15H2,1-3H3,(H,24,26). The average Bonchev–Trinajstić information content (AvgIpc) is 2.78. The van der Waals surface area contributed by atoms with Crippen molar-refractivity contribution in [2.75, 3.05) is 33.9 Å². The van der Waals surface area contributed by atoms with Crippen LogP contribution in [0.1, 0.15) is 28.8 Å². The Kier molecular flexibility index (Phi) is 7.17. The second-order valence-electron chi connectivity index (χ2n) is 7.27. The number of rotatable bonds is 7. The van der Waals surface area contributed by atoms with Crippen LogP contribution in [-0.2, 0) is 4.79 Å². The zero-order chi connectivity index (χ0) is 21.5. The fourth-order valence-electron chi connectivity index (χ4n) is 3.50. The molecule has 0 saturated carbocycles. The van der Waals surface area contributed by atoms with Crippen LogP contribution in [0.5, 0.6) is 17.2 Å². The molecular weight excluding hydrogens is 384 g/mol. The van der Waals surface area contributed by atoms with Gasteiger partial charge < -0.3 is 24.4 Å². The molecule has 0 aliphatic carbocycles. The molecule has 30 heavy (non-hydrogen) atoms. The fraction of sp³-hybridized carbons (Fsp3) is 0.391. The van der Waals surface area contributed by atoms with Crippen LogP contribution in [0.25, 0.3) is 0 Å². The third-order valence-corrected chi connectivity index (χ3v) is 5.18. The van der Waals surface area contributed by atoms with Gasteiger partial charge in [-0.05, 0) is 44.0 Å². The number of nitrogens with zero attached hydrogens (tertiary/aromatic N) is 1. The molecule has 0 radical (unpaired) electrons. The monoisotopic (exact) mass is 412 g/mol. The molecule has 2 aromatic rings. The van der Waals surface area contributed by atoms with Crippen LogP contribution in [0.2, 0.25) is 0 Å². The highest BCUT2D eigenvalue weighted by Crippen LogP contribution is 2.30. The number of likely N-dealkylation sites (tertiary alicyclic amines) is 1. The van der Waals surface area contributed by atoms with E-state index >= 15 is 0 Å². The molecule has 7 nitrogen and oxygen atoms in total. The predicted octanol–water partition coefficient (Wildman–Crippen LogP) is 2.81. The van der Waals surface area contributed by atoms with Gasteiger partial charge in [-0.25, -0.2) is 0 Å². The fourth-order valence-corrected chi connectivity index (χ4v) is 3.50. The quantitative estimate of drug-likeness (QED) is 0.757. The minimum absolute atomic E-state index is 0.0164. The normalized spacial score (nSPS) is 14.2. The van der Waals surface area contributed by atoms with Gasteiger partial charge in [0.25, 0.3) is 11.8 Å². The number of hydrogen-bond donors (Lipinski definition) is 1. The Bertz CT molecular complexity index is 851. The molecule has 1 saturated heterocycles. The number of nitrogens with one attached hydrogen (secondary N) is 1. The van der Waals surface area contributed by atoms with Crippen molar-refractivity contribution in [3.8, 4) is 17.2 Å². The maximum atomic E-state index is 13.0. The highest BCUT2D eigenvalue weighted by atomic mass is 16.5. The summed E-state index contributed by atoms with van der Waals surface area (Å²) in [4.78, 5) is 27.0. The molecule has 1 aliphatic rings. The van der Waals surface area contributed by atoms with E-state index < -0.39 is 0 Å². The number of carbonyl (C=O) groups is 2. The van der Waals surface area contributed by atoms with Gasteiger partial charge in [-0.2, -0.15) is 0 Å². The molecule has 1 fully saturated rings. The van der Waals surface area contributed by atoms with Gasteiger partial charge in [-0.1, -0.05) is 23.8 Å². The molecule has 2 amide bonds. The molecule has 0 unspecified atom stereocenters. The molecule has 1 N–H and O–H groups in total. The lowest BCUT2D eigenvalue weighted by atomic mass is 10.0. The van der Waals surface area contributed by atoms with Gasteiger partial charge in [0, 0.05) is 19.1 Å². The summed E-state index contributed by atoms with van der Waals surface area (Å²) >= 11 is 0. The summed E-state index contributed by atoms with van der Waals surface area (Å²) in [5, 5.41) is 2.99. The zero-order valence-corrected chi connectivity index (χ0v) is 17.6. The number of hydrogen-bond acceptors (Lipinski definition) is 5. The van der Waals surface area contributed by atoms with E-state index in [1.165, 1.54) is 14.2 Å². The Labute approximate surface area is 176 Å². The summed E-state index contributed by atoms with van der Waals surface area (Å²) in [5.74, 6) is 1.36. The van der Waals surface area contributed by atoms with Crippen LogP contribution >= 0.6 is 0 Å². The number of carbonyl (C=O) groups excluding carboxylic acids is 2. The highest BCUT2D eigenvalue weighted by Gasteiger charge is 2.28. The summed E-state index contributed by atoms with van der Waals surface area (Å²) in [6.45, 7) is 3.06. The van der Waals surface area contributed by atoms with Gasteiger partial charge >= 0.3 is 0 Å². The van der Waals surface area contributed by atoms with Crippen LogP contribution in [0.3, 0.4) is 0 Å². The number of methoxy groups -OCH3 is 2. The third-order valence-electron chi connectivity index (χ3n) is 5.18. The molecule has 160 valence electrons. The topological polar surface area (TPSA) is 77.1 Å². The lowest BCUT2D eigenvalue weighted by molar-refractivity contribution is -0.124. The maximum Gasteiger partial charge on any atom is 0.261 e. The van der Waals surface area contributed by atoms with Crippen LogP contribution in [0, 0.1) is 6.92 Å². The SMILES string of the molecule is COc1cccc(OC)c1C(=O)N1CCC(NC(=O)COc2ccc(C)cc2)CC1. The van der Waals surface area contributed by atoms with Crippen LogP contribution in [0.4, 0.5) is 0 Å². The summed E-state index contributed by atoms with van der Waals surface area (Å²) in [5.41, 5.74) is 1.57. The molecule has 0 bridgehead atoms.